The van der Waals surface area contributed by atoms with Gasteiger partial charge in [-0.15, -0.1) is 23.1 Å². The maximum atomic E-state index is 9.24. The molecule has 1 aromatic carbocycles. The van der Waals surface area contributed by atoms with Crippen LogP contribution in [0.5, 0.6) is 0 Å². The largest absolute Gasteiger partial charge is 0.384 e. The number of aryl methyl sites for hydroxylation is 1. The van der Waals surface area contributed by atoms with Gasteiger partial charge in [0.25, 0.3) is 0 Å². The van der Waals surface area contributed by atoms with Crippen LogP contribution in [0.15, 0.2) is 28.5 Å². The first kappa shape index (κ1) is 13.9. The first-order valence-corrected chi connectivity index (χ1v) is 8.07. The van der Waals surface area contributed by atoms with Crippen molar-refractivity contribution in [3.05, 3.63) is 39.8 Å². The highest BCUT2D eigenvalue weighted by Crippen LogP contribution is 2.26. The number of thioether (sulfide) groups is 1. The van der Waals surface area contributed by atoms with E-state index in [9.17, 15) is 5.26 Å². The molecule has 0 fully saturated rings. The van der Waals surface area contributed by atoms with Crippen LogP contribution in [0.25, 0.3) is 0 Å². The lowest BCUT2D eigenvalue weighted by molar-refractivity contribution is 0.985. The quantitative estimate of drug-likeness (QED) is 0.853. The van der Waals surface area contributed by atoms with E-state index >= 15 is 0 Å². The van der Waals surface area contributed by atoms with Gasteiger partial charge in [-0.05, 0) is 25.3 Å². The molecule has 0 aliphatic rings. The number of hydrogen-bond acceptors (Lipinski definition) is 5. The van der Waals surface area contributed by atoms with Crippen molar-refractivity contribution in [3.8, 4) is 6.07 Å². The Balaban J connectivity index is 2.02. The summed E-state index contributed by atoms with van der Waals surface area (Å²) in [7, 11) is 0. The minimum absolute atomic E-state index is 0.727. The van der Waals surface area contributed by atoms with E-state index in [1.54, 1.807) is 23.1 Å². The number of thiazole rings is 1. The number of hydrogen-bond donors (Lipinski definition) is 1. The number of nitriles is 1. The molecule has 2 aromatic rings. The van der Waals surface area contributed by atoms with Gasteiger partial charge in [0.05, 0.1) is 16.3 Å². The second-order valence-corrected chi connectivity index (χ2v) is 5.84. The predicted octanol–water partition coefficient (Wildman–Crippen LogP) is 3.70. The molecule has 0 aliphatic carbocycles. The highest BCUT2D eigenvalue weighted by Gasteiger charge is 2.07. The Morgan fingerprint density at radius 3 is 2.95 bits per heavy atom. The number of benzene rings is 1. The molecule has 5 heteroatoms. The molecule has 0 unspecified atom stereocenters. The first-order valence-electron chi connectivity index (χ1n) is 5.96. The van der Waals surface area contributed by atoms with Gasteiger partial charge in [0, 0.05) is 28.9 Å². The van der Waals surface area contributed by atoms with Gasteiger partial charge in [0.1, 0.15) is 6.07 Å². The van der Waals surface area contributed by atoms with Crippen LogP contribution in [-0.4, -0.2) is 17.8 Å². The topological polar surface area (TPSA) is 48.7 Å². The van der Waals surface area contributed by atoms with Crippen molar-refractivity contribution < 1.29 is 0 Å². The molecule has 1 N–H and O–H groups in total. The van der Waals surface area contributed by atoms with Crippen LogP contribution in [0.4, 0.5) is 5.69 Å². The lowest BCUT2D eigenvalue weighted by atomic mass is 10.2. The van der Waals surface area contributed by atoms with E-state index in [0.717, 1.165) is 39.8 Å². The SMILES string of the molecule is CSc1cccc(NCCc2nc(C)cs2)c1C#N. The molecule has 0 bridgehead atoms. The van der Waals surface area contributed by atoms with E-state index in [-0.39, 0.29) is 0 Å². The number of nitrogens with one attached hydrogen (secondary N) is 1. The van der Waals surface area contributed by atoms with Crippen molar-refractivity contribution in [2.75, 3.05) is 18.1 Å². The van der Waals surface area contributed by atoms with Crippen LogP contribution in [0, 0.1) is 18.3 Å². The van der Waals surface area contributed by atoms with Crippen LogP contribution in [0.2, 0.25) is 0 Å². The molecule has 0 spiro atoms. The fraction of sp³-hybridized carbons (Fsp3) is 0.286. The molecule has 1 aromatic heterocycles. The zero-order valence-electron chi connectivity index (χ0n) is 10.9. The van der Waals surface area contributed by atoms with Crippen molar-refractivity contribution in [3.63, 3.8) is 0 Å². The first-order chi connectivity index (χ1) is 9.24. The summed E-state index contributed by atoms with van der Waals surface area (Å²) in [5.74, 6) is 0. The van der Waals surface area contributed by atoms with Gasteiger partial charge in [-0.25, -0.2) is 4.98 Å². The average Bonchev–Trinajstić information content (AvgIpc) is 2.84. The zero-order valence-corrected chi connectivity index (χ0v) is 12.6. The summed E-state index contributed by atoms with van der Waals surface area (Å²) in [5, 5.41) is 15.8. The van der Waals surface area contributed by atoms with Crippen LogP contribution >= 0.6 is 23.1 Å². The number of nitrogens with zero attached hydrogens (tertiary/aromatic N) is 2. The fourth-order valence-corrected chi connectivity index (χ4v) is 3.14. The lowest BCUT2D eigenvalue weighted by Gasteiger charge is -2.09. The van der Waals surface area contributed by atoms with Crippen LogP contribution in [0.3, 0.4) is 0 Å². The van der Waals surface area contributed by atoms with Crippen molar-refractivity contribution in [1.82, 2.24) is 4.98 Å². The third kappa shape index (κ3) is 3.49. The lowest BCUT2D eigenvalue weighted by Crippen LogP contribution is -2.06. The van der Waals surface area contributed by atoms with Crippen molar-refractivity contribution in [2.24, 2.45) is 0 Å². The van der Waals surface area contributed by atoms with Crippen LogP contribution < -0.4 is 5.32 Å². The Labute approximate surface area is 121 Å². The van der Waals surface area contributed by atoms with Crippen molar-refractivity contribution >= 4 is 28.8 Å². The van der Waals surface area contributed by atoms with Crippen molar-refractivity contribution in [2.45, 2.75) is 18.2 Å². The van der Waals surface area contributed by atoms with E-state index < -0.39 is 0 Å². The van der Waals surface area contributed by atoms with Crippen molar-refractivity contribution in [1.29, 1.82) is 5.26 Å². The molecule has 3 nitrogen and oxygen atoms in total. The summed E-state index contributed by atoms with van der Waals surface area (Å²) in [5.41, 5.74) is 2.70. The summed E-state index contributed by atoms with van der Waals surface area (Å²) >= 11 is 3.28. The zero-order chi connectivity index (χ0) is 13.7. The van der Waals surface area contributed by atoms with Gasteiger partial charge in [0.2, 0.25) is 0 Å². The molecule has 2 rings (SSSR count). The highest BCUT2D eigenvalue weighted by atomic mass is 32.2. The average molecular weight is 289 g/mol. The van der Waals surface area contributed by atoms with Gasteiger partial charge in [-0.1, -0.05) is 6.07 Å². The third-order valence-electron chi connectivity index (χ3n) is 2.68. The van der Waals surface area contributed by atoms with Crippen LogP contribution in [0.1, 0.15) is 16.3 Å². The molecule has 0 saturated heterocycles. The Morgan fingerprint density at radius 2 is 2.32 bits per heavy atom. The number of aromatic nitrogens is 1. The van der Waals surface area contributed by atoms with Gasteiger partial charge >= 0.3 is 0 Å². The molecule has 0 aliphatic heterocycles. The highest BCUT2D eigenvalue weighted by molar-refractivity contribution is 7.98. The minimum atomic E-state index is 0.727. The number of anilines is 1. The molecule has 0 radical (unpaired) electrons. The van der Waals surface area contributed by atoms with Gasteiger partial charge in [0.15, 0.2) is 0 Å². The molecule has 0 atom stereocenters. The maximum Gasteiger partial charge on any atom is 0.102 e. The normalized spacial score (nSPS) is 10.2. The van der Waals surface area contributed by atoms with Gasteiger partial charge in [-0.3, -0.25) is 0 Å². The fourth-order valence-electron chi connectivity index (χ4n) is 1.79. The smallest absolute Gasteiger partial charge is 0.102 e. The molecule has 1 heterocycles. The van der Waals surface area contributed by atoms with Gasteiger partial charge < -0.3 is 5.32 Å². The van der Waals surface area contributed by atoms with E-state index in [4.69, 9.17) is 0 Å². The standard InChI is InChI=1S/C14H15N3S2/c1-10-9-19-14(17-10)6-7-16-12-4-3-5-13(18-2)11(12)8-15/h3-5,9,16H,6-7H2,1-2H3. The van der Waals surface area contributed by atoms with Crippen LogP contribution in [-0.2, 0) is 6.42 Å². The third-order valence-corrected chi connectivity index (χ3v) is 4.49. The minimum Gasteiger partial charge on any atom is -0.384 e. The van der Waals surface area contributed by atoms with E-state index in [2.05, 4.69) is 21.8 Å². The summed E-state index contributed by atoms with van der Waals surface area (Å²) in [6.07, 6.45) is 2.87. The Hall–Kier alpha value is -1.51. The molecular formula is C14H15N3S2. The number of rotatable bonds is 5. The Kier molecular flexibility index (Phi) is 4.83. The van der Waals surface area contributed by atoms with E-state index in [0.29, 0.717) is 0 Å². The summed E-state index contributed by atoms with van der Waals surface area (Å²) in [6.45, 7) is 2.79. The Bertz CT molecular complexity index is 599. The summed E-state index contributed by atoms with van der Waals surface area (Å²) in [6, 6.07) is 8.17. The molecule has 0 saturated carbocycles. The van der Waals surface area contributed by atoms with E-state index in [1.807, 2.05) is 31.4 Å². The molecule has 19 heavy (non-hydrogen) atoms. The predicted molar refractivity (Wildman–Crippen MR) is 82.0 cm³/mol. The van der Waals surface area contributed by atoms with Gasteiger partial charge in [-0.2, -0.15) is 5.26 Å². The van der Waals surface area contributed by atoms with E-state index in [1.165, 1.54) is 0 Å². The molecule has 0 amide bonds. The monoisotopic (exact) mass is 289 g/mol. The maximum absolute atomic E-state index is 9.24. The summed E-state index contributed by atoms with van der Waals surface area (Å²) < 4.78 is 0. The molecule has 98 valence electrons. The second kappa shape index (κ2) is 6.60. The second-order valence-electron chi connectivity index (χ2n) is 4.05. The Morgan fingerprint density at radius 1 is 1.47 bits per heavy atom. The summed E-state index contributed by atoms with van der Waals surface area (Å²) in [4.78, 5) is 5.44. The molecular weight excluding hydrogens is 274 g/mol.